The lowest BCUT2D eigenvalue weighted by molar-refractivity contribution is 0.262. The van der Waals surface area contributed by atoms with Crippen molar-refractivity contribution in [1.82, 2.24) is 19.9 Å². The fourth-order valence-electron chi connectivity index (χ4n) is 3.15. The van der Waals surface area contributed by atoms with Gasteiger partial charge in [-0.05, 0) is 50.6 Å². The van der Waals surface area contributed by atoms with Crippen molar-refractivity contribution in [2.45, 2.75) is 33.2 Å². The molecular formula is C20H26ClN5. The molecule has 138 valence electrons. The number of aromatic nitrogens is 3. The molecule has 0 saturated heterocycles. The number of rotatable bonds is 9. The quantitative estimate of drug-likeness (QED) is 0.538. The fraction of sp³-hybridized carbons (Fsp3) is 0.400. The Morgan fingerprint density at radius 3 is 2.85 bits per heavy atom. The molecule has 5 nitrogen and oxygen atoms in total. The van der Waals surface area contributed by atoms with Gasteiger partial charge in [-0.25, -0.2) is 4.98 Å². The SMILES string of the molecule is CCCN(CCCNc1ccnc2cc(Cl)ccc12)Cc1nc[nH]c1C. The van der Waals surface area contributed by atoms with E-state index in [1.165, 1.54) is 0 Å². The first-order chi connectivity index (χ1) is 12.7. The predicted molar refractivity (Wildman–Crippen MR) is 109 cm³/mol. The van der Waals surface area contributed by atoms with E-state index in [4.69, 9.17) is 11.6 Å². The van der Waals surface area contributed by atoms with E-state index in [1.807, 2.05) is 30.5 Å². The maximum absolute atomic E-state index is 6.06. The molecule has 0 fully saturated rings. The molecule has 1 aromatic carbocycles. The summed E-state index contributed by atoms with van der Waals surface area (Å²) in [6.45, 7) is 8.25. The first-order valence-corrected chi connectivity index (χ1v) is 9.54. The molecule has 2 N–H and O–H groups in total. The Hall–Kier alpha value is -2.11. The van der Waals surface area contributed by atoms with E-state index in [2.05, 4.69) is 39.0 Å². The van der Waals surface area contributed by atoms with E-state index in [1.54, 1.807) is 6.33 Å². The highest BCUT2D eigenvalue weighted by atomic mass is 35.5. The third-order valence-electron chi connectivity index (χ3n) is 4.52. The lowest BCUT2D eigenvalue weighted by atomic mass is 10.2. The molecule has 0 bridgehead atoms. The summed E-state index contributed by atoms with van der Waals surface area (Å²) < 4.78 is 0. The molecule has 2 heterocycles. The highest BCUT2D eigenvalue weighted by Crippen LogP contribution is 2.24. The van der Waals surface area contributed by atoms with Crippen LogP contribution in [0.4, 0.5) is 5.69 Å². The van der Waals surface area contributed by atoms with Crippen molar-refractivity contribution < 1.29 is 0 Å². The van der Waals surface area contributed by atoms with Crippen LogP contribution in [0.3, 0.4) is 0 Å². The van der Waals surface area contributed by atoms with E-state index >= 15 is 0 Å². The molecule has 3 aromatic rings. The van der Waals surface area contributed by atoms with Crippen LogP contribution >= 0.6 is 11.6 Å². The summed E-state index contributed by atoms with van der Waals surface area (Å²) in [7, 11) is 0. The largest absolute Gasteiger partial charge is 0.384 e. The number of halogens is 1. The normalized spacial score (nSPS) is 11.4. The number of hydrogen-bond donors (Lipinski definition) is 2. The van der Waals surface area contributed by atoms with Crippen molar-refractivity contribution in [2.75, 3.05) is 25.0 Å². The van der Waals surface area contributed by atoms with Crippen LogP contribution in [0.15, 0.2) is 36.8 Å². The predicted octanol–water partition coefficient (Wildman–Crippen LogP) is 4.63. The van der Waals surface area contributed by atoms with E-state index in [0.717, 1.165) is 67.0 Å². The molecule has 0 saturated carbocycles. The zero-order valence-corrected chi connectivity index (χ0v) is 16.2. The Labute approximate surface area is 159 Å². The van der Waals surface area contributed by atoms with Crippen molar-refractivity contribution in [3.63, 3.8) is 0 Å². The van der Waals surface area contributed by atoms with E-state index in [-0.39, 0.29) is 0 Å². The summed E-state index contributed by atoms with van der Waals surface area (Å²) in [5.41, 5.74) is 4.33. The van der Waals surface area contributed by atoms with Gasteiger partial charge < -0.3 is 10.3 Å². The molecule has 0 unspecified atom stereocenters. The fourth-order valence-corrected chi connectivity index (χ4v) is 3.31. The zero-order valence-electron chi connectivity index (χ0n) is 15.4. The number of nitrogens with zero attached hydrogens (tertiary/aromatic N) is 3. The van der Waals surface area contributed by atoms with Crippen LogP contribution < -0.4 is 5.32 Å². The van der Waals surface area contributed by atoms with Crippen molar-refractivity contribution in [3.8, 4) is 0 Å². The number of nitrogens with one attached hydrogen (secondary N) is 2. The maximum Gasteiger partial charge on any atom is 0.0925 e. The van der Waals surface area contributed by atoms with Crippen LogP contribution in [0.2, 0.25) is 5.02 Å². The number of benzene rings is 1. The van der Waals surface area contributed by atoms with Gasteiger partial charge >= 0.3 is 0 Å². The third kappa shape index (κ3) is 4.74. The van der Waals surface area contributed by atoms with Crippen LogP contribution in [-0.2, 0) is 6.54 Å². The lowest BCUT2D eigenvalue weighted by Crippen LogP contribution is -2.27. The van der Waals surface area contributed by atoms with E-state index in [9.17, 15) is 0 Å². The van der Waals surface area contributed by atoms with Crippen molar-refractivity contribution in [2.24, 2.45) is 0 Å². The second-order valence-electron chi connectivity index (χ2n) is 6.55. The van der Waals surface area contributed by atoms with Gasteiger partial charge in [0.1, 0.15) is 0 Å². The number of anilines is 1. The minimum Gasteiger partial charge on any atom is -0.384 e. The second kappa shape index (κ2) is 9.01. The van der Waals surface area contributed by atoms with Crippen LogP contribution in [0, 0.1) is 6.92 Å². The van der Waals surface area contributed by atoms with Crippen molar-refractivity contribution >= 4 is 28.2 Å². The molecule has 0 radical (unpaired) electrons. The standard InChI is InChI=1S/C20H26ClN5/c1-3-10-26(13-20-15(2)24-14-25-20)11-4-8-22-18-7-9-23-19-12-16(21)5-6-17(18)19/h5-7,9,12,14H,3-4,8,10-11,13H2,1-2H3,(H,22,23)(H,24,25). The Kier molecular flexibility index (Phi) is 6.47. The van der Waals surface area contributed by atoms with Gasteiger partial charge in [0.2, 0.25) is 0 Å². The Morgan fingerprint density at radius 2 is 2.08 bits per heavy atom. The molecule has 0 spiro atoms. The van der Waals surface area contributed by atoms with Crippen LogP contribution in [0.25, 0.3) is 10.9 Å². The number of imidazole rings is 1. The number of aryl methyl sites for hydroxylation is 1. The number of aromatic amines is 1. The van der Waals surface area contributed by atoms with E-state index < -0.39 is 0 Å². The molecule has 0 amide bonds. The number of hydrogen-bond acceptors (Lipinski definition) is 4. The smallest absolute Gasteiger partial charge is 0.0925 e. The van der Waals surface area contributed by atoms with Crippen LogP contribution in [0.1, 0.15) is 31.2 Å². The first-order valence-electron chi connectivity index (χ1n) is 9.16. The molecule has 0 atom stereocenters. The summed E-state index contributed by atoms with van der Waals surface area (Å²) in [6, 6.07) is 7.85. The summed E-state index contributed by atoms with van der Waals surface area (Å²) in [5, 5.41) is 5.36. The minimum atomic E-state index is 0.714. The molecule has 6 heteroatoms. The van der Waals surface area contributed by atoms with Crippen LogP contribution in [0.5, 0.6) is 0 Å². The minimum absolute atomic E-state index is 0.714. The molecule has 0 aliphatic rings. The molecule has 2 aromatic heterocycles. The topological polar surface area (TPSA) is 56.8 Å². The lowest BCUT2D eigenvalue weighted by Gasteiger charge is -2.21. The maximum atomic E-state index is 6.06. The summed E-state index contributed by atoms with van der Waals surface area (Å²) in [5.74, 6) is 0. The van der Waals surface area contributed by atoms with Gasteiger partial charge in [-0.1, -0.05) is 18.5 Å². The average Bonchev–Trinajstić information content (AvgIpc) is 3.03. The van der Waals surface area contributed by atoms with Gasteiger partial charge in [0, 0.05) is 47.6 Å². The number of H-pyrrole nitrogens is 1. The molecule has 3 rings (SSSR count). The monoisotopic (exact) mass is 371 g/mol. The van der Waals surface area contributed by atoms with Gasteiger partial charge in [0.25, 0.3) is 0 Å². The number of fused-ring (bicyclic) bond motifs is 1. The van der Waals surface area contributed by atoms with Gasteiger partial charge in [-0.3, -0.25) is 9.88 Å². The highest BCUT2D eigenvalue weighted by Gasteiger charge is 2.09. The molecule has 0 aliphatic heterocycles. The van der Waals surface area contributed by atoms with Crippen LogP contribution in [-0.4, -0.2) is 39.5 Å². The Bertz CT molecular complexity index is 845. The Morgan fingerprint density at radius 1 is 1.19 bits per heavy atom. The summed E-state index contributed by atoms with van der Waals surface area (Å²) in [4.78, 5) is 14.4. The van der Waals surface area contributed by atoms with Gasteiger partial charge in [0.15, 0.2) is 0 Å². The highest BCUT2D eigenvalue weighted by molar-refractivity contribution is 6.31. The second-order valence-corrected chi connectivity index (χ2v) is 6.99. The van der Waals surface area contributed by atoms with Gasteiger partial charge in [-0.15, -0.1) is 0 Å². The molecular weight excluding hydrogens is 346 g/mol. The molecule has 0 aliphatic carbocycles. The summed E-state index contributed by atoms with van der Waals surface area (Å²) >= 11 is 6.06. The summed E-state index contributed by atoms with van der Waals surface area (Å²) in [6.07, 6.45) is 5.81. The Balaban J connectivity index is 1.54. The van der Waals surface area contributed by atoms with Crippen molar-refractivity contribution in [1.29, 1.82) is 0 Å². The van der Waals surface area contributed by atoms with Gasteiger partial charge in [0.05, 0.1) is 17.5 Å². The van der Waals surface area contributed by atoms with Gasteiger partial charge in [-0.2, -0.15) is 0 Å². The van der Waals surface area contributed by atoms with Crippen molar-refractivity contribution in [3.05, 3.63) is 53.2 Å². The number of pyridine rings is 1. The molecule has 26 heavy (non-hydrogen) atoms. The van der Waals surface area contributed by atoms with E-state index in [0.29, 0.717) is 5.02 Å². The first kappa shape index (κ1) is 18.7. The zero-order chi connectivity index (χ0) is 18.4. The average molecular weight is 372 g/mol. The third-order valence-corrected chi connectivity index (χ3v) is 4.75.